The van der Waals surface area contributed by atoms with E-state index in [9.17, 15) is 0 Å². The normalized spacial score (nSPS) is 15.5. The molecule has 2 unspecified atom stereocenters. The zero-order valence-corrected chi connectivity index (χ0v) is 40.7. The van der Waals surface area contributed by atoms with Crippen LogP contribution in [0.1, 0.15) is 19.8 Å². The van der Waals surface area contributed by atoms with Crippen LogP contribution in [0, 0.1) is 11.8 Å². The number of fused-ring (bicyclic) bond motifs is 8. The molecule has 0 amide bonds. The molecular formula is C69H52N4. The second kappa shape index (κ2) is 17.6. The minimum atomic E-state index is 0.391. The largest absolute Gasteiger partial charge is 0.314 e. The molecule has 0 N–H and O–H groups in total. The first-order valence-electron chi connectivity index (χ1n) is 25.7. The van der Waals surface area contributed by atoms with E-state index in [2.05, 4.69) is 287 Å². The second-order valence-electron chi connectivity index (χ2n) is 19.7. The van der Waals surface area contributed by atoms with Gasteiger partial charge in [-0.2, -0.15) is 0 Å². The average Bonchev–Trinajstić information content (AvgIpc) is 3.97. The summed E-state index contributed by atoms with van der Waals surface area (Å²) in [5, 5.41) is 7.37. The molecule has 14 rings (SSSR count). The van der Waals surface area contributed by atoms with E-state index in [0.29, 0.717) is 11.8 Å². The molecule has 348 valence electrons. The van der Waals surface area contributed by atoms with Gasteiger partial charge in [0.05, 0.1) is 27.8 Å². The maximum atomic E-state index is 2.55. The molecule has 0 aliphatic heterocycles. The number of aromatic nitrogens is 2. The number of nitrogens with zero attached hydrogens (tertiary/aromatic N) is 4. The maximum absolute atomic E-state index is 2.55. The van der Waals surface area contributed by atoms with Crippen molar-refractivity contribution in [2.45, 2.75) is 19.8 Å². The van der Waals surface area contributed by atoms with Crippen LogP contribution in [0.3, 0.4) is 0 Å². The van der Waals surface area contributed by atoms with Crippen molar-refractivity contribution in [3.05, 3.63) is 272 Å². The third kappa shape index (κ3) is 7.20. The standard InChI is InChI=1S/C69H52N4/c1-47-31-42-67(59-25-11-10-23-57(47)59)71(56-41-44-69-63(46-56)61-27-13-15-29-66(61)73(69)52-21-6-3-7-22-52)54-38-34-49(35-39-54)48-32-36-53(37-33-48)70(64-30-16-18-50-17-8-9-24-58(50)64)55-40-43-68-62(45-55)60-26-12-14-28-65(60)72(68)51-19-4-2-5-20-51/h2-30,32-41,43-47,57H,31,42H2,1H3. The van der Waals surface area contributed by atoms with E-state index in [1.165, 1.54) is 88.2 Å². The van der Waals surface area contributed by atoms with Crippen molar-refractivity contribution in [1.29, 1.82) is 0 Å². The van der Waals surface area contributed by atoms with Crippen LogP contribution in [-0.4, -0.2) is 9.13 Å². The van der Waals surface area contributed by atoms with E-state index < -0.39 is 0 Å². The van der Waals surface area contributed by atoms with Gasteiger partial charge in [0, 0.05) is 72.7 Å². The lowest BCUT2D eigenvalue weighted by Crippen LogP contribution is -2.27. The molecule has 12 aromatic rings. The number of benzene rings is 10. The summed E-state index contributed by atoms with van der Waals surface area (Å²) in [6.45, 7) is 2.41. The van der Waals surface area contributed by atoms with Gasteiger partial charge < -0.3 is 18.9 Å². The predicted molar refractivity (Wildman–Crippen MR) is 309 cm³/mol. The molecule has 2 aliphatic rings. The molecule has 10 aromatic carbocycles. The minimum absolute atomic E-state index is 0.391. The maximum Gasteiger partial charge on any atom is 0.0542 e. The molecular weight excluding hydrogens is 885 g/mol. The van der Waals surface area contributed by atoms with Gasteiger partial charge in [-0.1, -0.05) is 165 Å². The van der Waals surface area contributed by atoms with Gasteiger partial charge in [-0.15, -0.1) is 0 Å². The van der Waals surface area contributed by atoms with Crippen LogP contribution in [0.4, 0.5) is 28.4 Å². The third-order valence-electron chi connectivity index (χ3n) is 15.6. The molecule has 2 heterocycles. The van der Waals surface area contributed by atoms with Crippen LogP contribution in [0.5, 0.6) is 0 Å². The van der Waals surface area contributed by atoms with Gasteiger partial charge in [0.2, 0.25) is 0 Å². The molecule has 0 saturated carbocycles. The molecule has 0 radical (unpaired) electrons. The molecule has 0 saturated heterocycles. The highest BCUT2D eigenvalue weighted by atomic mass is 15.2. The van der Waals surface area contributed by atoms with E-state index in [-0.39, 0.29) is 0 Å². The SMILES string of the molecule is CC1CCC(N(c2ccc(-c3ccc(N(c4ccc5c(c4)c4ccccc4n5-c4ccccc4)c4cccc5ccccc45)cc3)cc2)c2ccc3c(c2)c2ccccc2n3-c2ccccc2)=C2C=CC=CC21. The number of hydrogen-bond acceptors (Lipinski definition) is 2. The molecule has 4 heteroatoms. The number of anilines is 5. The highest BCUT2D eigenvalue weighted by Crippen LogP contribution is 2.47. The van der Waals surface area contributed by atoms with Crippen LogP contribution in [0.25, 0.3) is 76.9 Å². The number of rotatable bonds is 9. The Morgan fingerprint density at radius 3 is 1.48 bits per heavy atom. The van der Waals surface area contributed by atoms with Gasteiger partial charge in [-0.3, -0.25) is 0 Å². The van der Waals surface area contributed by atoms with Gasteiger partial charge >= 0.3 is 0 Å². The van der Waals surface area contributed by atoms with Crippen LogP contribution in [0.15, 0.2) is 272 Å². The fourth-order valence-corrected chi connectivity index (χ4v) is 12.1. The molecule has 0 fully saturated rings. The van der Waals surface area contributed by atoms with E-state index in [1.54, 1.807) is 0 Å². The Labute approximate surface area is 425 Å². The van der Waals surface area contributed by atoms with E-state index in [0.717, 1.165) is 41.3 Å². The summed E-state index contributed by atoms with van der Waals surface area (Å²) in [6, 6.07) is 86.8. The highest BCUT2D eigenvalue weighted by molar-refractivity contribution is 6.12. The van der Waals surface area contributed by atoms with Gasteiger partial charge in [-0.05, 0) is 144 Å². The Morgan fingerprint density at radius 2 is 0.877 bits per heavy atom. The van der Waals surface area contributed by atoms with Crippen molar-refractivity contribution >= 4 is 82.8 Å². The minimum Gasteiger partial charge on any atom is -0.314 e. The molecule has 2 aliphatic carbocycles. The number of hydrogen-bond donors (Lipinski definition) is 0. The van der Waals surface area contributed by atoms with E-state index in [1.807, 2.05) is 0 Å². The van der Waals surface area contributed by atoms with Crippen LogP contribution in [-0.2, 0) is 0 Å². The Morgan fingerprint density at radius 1 is 0.397 bits per heavy atom. The lowest BCUT2D eigenvalue weighted by Gasteiger charge is -2.38. The number of para-hydroxylation sites is 4. The lowest BCUT2D eigenvalue weighted by molar-refractivity contribution is 0.418. The summed E-state index contributed by atoms with van der Waals surface area (Å²) < 4.78 is 4.79. The fourth-order valence-electron chi connectivity index (χ4n) is 12.1. The van der Waals surface area contributed by atoms with Crippen molar-refractivity contribution in [2.24, 2.45) is 11.8 Å². The lowest BCUT2D eigenvalue weighted by atomic mass is 9.75. The Hall–Kier alpha value is -9.12. The second-order valence-corrected chi connectivity index (χ2v) is 19.7. The van der Waals surface area contributed by atoms with Crippen molar-refractivity contribution in [1.82, 2.24) is 9.13 Å². The molecule has 2 aromatic heterocycles. The topological polar surface area (TPSA) is 16.3 Å². The Bertz CT molecular complexity index is 4150. The highest BCUT2D eigenvalue weighted by Gasteiger charge is 2.31. The average molecular weight is 937 g/mol. The predicted octanol–water partition coefficient (Wildman–Crippen LogP) is 18.7. The summed E-state index contributed by atoms with van der Waals surface area (Å²) >= 11 is 0. The first-order chi connectivity index (χ1) is 36.1. The quantitative estimate of drug-likeness (QED) is 0.143. The summed E-state index contributed by atoms with van der Waals surface area (Å²) in [4.78, 5) is 4.98. The van der Waals surface area contributed by atoms with Crippen LogP contribution >= 0.6 is 0 Å². The Balaban J connectivity index is 0.866. The first kappa shape index (κ1) is 42.7. The van der Waals surface area contributed by atoms with Crippen LogP contribution < -0.4 is 9.80 Å². The zero-order chi connectivity index (χ0) is 48.4. The van der Waals surface area contributed by atoms with Crippen molar-refractivity contribution in [2.75, 3.05) is 9.80 Å². The van der Waals surface area contributed by atoms with Gasteiger partial charge in [0.1, 0.15) is 0 Å². The van der Waals surface area contributed by atoms with Crippen LogP contribution in [0.2, 0.25) is 0 Å². The van der Waals surface area contributed by atoms with Gasteiger partial charge in [-0.25, -0.2) is 0 Å². The van der Waals surface area contributed by atoms with E-state index in [4.69, 9.17) is 0 Å². The van der Waals surface area contributed by atoms with Gasteiger partial charge in [0.25, 0.3) is 0 Å². The van der Waals surface area contributed by atoms with Crippen molar-refractivity contribution in [3.8, 4) is 22.5 Å². The first-order valence-corrected chi connectivity index (χ1v) is 25.7. The Kier molecular flexibility index (Phi) is 10.3. The monoisotopic (exact) mass is 936 g/mol. The van der Waals surface area contributed by atoms with Gasteiger partial charge in [0.15, 0.2) is 0 Å². The summed E-state index contributed by atoms with van der Waals surface area (Å²) in [5.74, 6) is 0.974. The van der Waals surface area contributed by atoms with Crippen molar-refractivity contribution < 1.29 is 0 Å². The zero-order valence-electron chi connectivity index (χ0n) is 40.7. The number of allylic oxidation sites excluding steroid dienone is 6. The molecule has 2 atom stereocenters. The smallest absolute Gasteiger partial charge is 0.0542 e. The fraction of sp³-hybridized carbons (Fsp3) is 0.0725. The molecule has 4 nitrogen and oxygen atoms in total. The third-order valence-corrected chi connectivity index (χ3v) is 15.6. The molecule has 0 bridgehead atoms. The molecule has 73 heavy (non-hydrogen) atoms. The summed E-state index contributed by atoms with van der Waals surface area (Å²) in [5.41, 5.74) is 18.0. The van der Waals surface area contributed by atoms with E-state index >= 15 is 0 Å². The summed E-state index contributed by atoms with van der Waals surface area (Å²) in [7, 11) is 0. The summed E-state index contributed by atoms with van der Waals surface area (Å²) in [6.07, 6.45) is 11.4. The molecule has 0 spiro atoms. The van der Waals surface area contributed by atoms with Crippen molar-refractivity contribution in [3.63, 3.8) is 0 Å².